The van der Waals surface area contributed by atoms with Crippen LogP contribution >= 0.6 is 0 Å². The number of rotatable bonds is 5. The average Bonchev–Trinajstić information content (AvgIpc) is 2.89. The molecule has 0 fully saturated rings. The molecule has 1 N–H and O–H groups in total. The van der Waals surface area contributed by atoms with E-state index in [1.54, 1.807) is 14.2 Å². The Morgan fingerprint density at radius 3 is 2.78 bits per heavy atom. The van der Waals surface area contributed by atoms with Gasteiger partial charge in [-0.25, -0.2) is 4.68 Å². The second-order valence-corrected chi connectivity index (χ2v) is 6.77. The van der Waals surface area contributed by atoms with Crippen molar-refractivity contribution in [1.82, 2.24) is 9.78 Å². The van der Waals surface area contributed by atoms with Gasteiger partial charge in [0.15, 0.2) is 0 Å². The summed E-state index contributed by atoms with van der Waals surface area (Å²) in [4.78, 5) is 0. The molecule has 5 heteroatoms. The van der Waals surface area contributed by atoms with Gasteiger partial charge in [0.2, 0.25) is 0 Å². The predicted octanol–water partition coefficient (Wildman–Crippen LogP) is 4.23. The van der Waals surface area contributed by atoms with E-state index in [9.17, 15) is 0 Å². The summed E-state index contributed by atoms with van der Waals surface area (Å²) in [7, 11) is 3.40. The highest BCUT2D eigenvalue weighted by Gasteiger charge is 2.22. The van der Waals surface area contributed by atoms with Crippen molar-refractivity contribution >= 4 is 5.82 Å². The number of hydrogen-bond donors (Lipinski definition) is 1. The minimum absolute atomic E-state index is 0.781. The Balaban J connectivity index is 1.79. The van der Waals surface area contributed by atoms with E-state index < -0.39 is 0 Å². The number of para-hydroxylation sites is 2. The van der Waals surface area contributed by atoms with Crippen LogP contribution < -0.4 is 14.8 Å². The van der Waals surface area contributed by atoms with E-state index in [0.29, 0.717) is 0 Å². The highest BCUT2D eigenvalue weighted by molar-refractivity contribution is 5.58. The summed E-state index contributed by atoms with van der Waals surface area (Å²) in [6.07, 6.45) is 4.15. The fourth-order valence-electron chi connectivity index (χ4n) is 3.67. The third kappa shape index (κ3) is 3.50. The van der Waals surface area contributed by atoms with Crippen molar-refractivity contribution < 1.29 is 9.47 Å². The lowest BCUT2D eigenvalue weighted by Crippen LogP contribution is -2.08. The molecule has 0 spiro atoms. The first-order valence-corrected chi connectivity index (χ1v) is 9.41. The molecule has 1 aliphatic rings. The first kappa shape index (κ1) is 17.5. The maximum Gasteiger partial charge on any atom is 0.144 e. The molecule has 5 nitrogen and oxygen atoms in total. The summed E-state index contributed by atoms with van der Waals surface area (Å²) >= 11 is 0. The standard InChI is InChI=1S/C22H25N3O2/c1-26-17-9-7-8-16(14-17)15-19-18-10-5-6-13-23-22(18)25(24-19)20-11-3-4-12-21(20)27-2/h3-4,7-9,11-12,14,23H,5-6,10,13,15H2,1-2H3. The van der Waals surface area contributed by atoms with Crippen LogP contribution in [-0.2, 0) is 12.8 Å². The van der Waals surface area contributed by atoms with Gasteiger partial charge in [0.25, 0.3) is 0 Å². The number of methoxy groups -OCH3 is 2. The molecule has 0 saturated carbocycles. The number of ether oxygens (including phenoxy) is 2. The lowest BCUT2D eigenvalue weighted by atomic mass is 10.0. The molecule has 1 aliphatic heterocycles. The summed E-state index contributed by atoms with van der Waals surface area (Å²) < 4.78 is 13.0. The topological polar surface area (TPSA) is 48.3 Å². The van der Waals surface area contributed by atoms with Crippen molar-refractivity contribution in [3.05, 3.63) is 65.4 Å². The quantitative estimate of drug-likeness (QED) is 0.737. The molecule has 2 aromatic carbocycles. The molecule has 0 saturated heterocycles. The van der Waals surface area contributed by atoms with Crippen LogP contribution in [0.5, 0.6) is 11.5 Å². The van der Waals surface area contributed by atoms with E-state index >= 15 is 0 Å². The van der Waals surface area contributed by atoms with E-state index in [1.807, 2.05) is 41.1 Å². The van der Waals surface area contributed by atoms with E-state index in [2.05, 4.69) is 17.4 Å². The number of nitrogens with one attached hydrogen (secondary N) is 1. The first-order valence-electron chi connectivity index (χ1n) is 9.41. The summed E-state index contributed by atoms with van der Waals surface area (Å²) in [5.41, 5.74) is 4.58. The summed E-state index contributed by atoms with van der Waals surface area (Å²) in [5, 5.41) is 8.59. The van der Waals surface area contributed by atoms with Crippen LogP contribution in [-0.4, -0.2) is 30.5 Å². The Hall–Kier alpha value is -2.95. The molecule has 1 aromatic heterocycles. The normalized spacial score (nSPS) is 13.4. The van der Waals surface area contributed by atoms with Gasteiger partial charge in [-0.15, -0.1) is 0 Å². The van der Waals surface area contributed by atoms with Gasteiger partial charge in [-0.2, -0.15) is 5.10 Å². The van der Waals surface area contributed by atoms with Crippen LogP contribution in [0.4, 0.5) is 5.82 Å². The second-order valence-electron chi connectivity index (χ2n) is 6.77. The molecule has 0 bridgehead atoms. The number of hydrogen-bond acceptors (Lipinski definition) is 4. The van der Waals surface area contributed by atoms with E-state index in [0.717, 1.165) is 48.1 Å². The maximum absolute atomic E-state index is 5.57. The zero-order valence-corrected chi connectivity index (χ0v) is 15.9. The summed E-state index contributed by atoms with van der Waals surface area (Å²) in [5.74, 6) is 2.79. The number of anilines is 1. The highest BCUT2D eigenvalue weighted by atomic mass is 16.5. The van der Waals surface area contributed by atoms with Gasteiger partial charge in [0, 0.05) is 18.5 Å². The van der Waals surface area contributed by atoms with E-state index in [-0.39, 0.29) is 0 Å². The van der Waals surface area contributed by atoms with Crippen molar-refractivity contribution in [3.63, 3.8) is 0 Å². The van der Waals surface area contributed by atoms with Gasteiger partial charge in [-0.3, -0.25) is 0 Å². The van der Waals surface area contributed by atoms with Gasteiger partial charge in [-0.05, 0) is 49.1 Å². The minimum atomic E-state index is 0.781. The molecule has 4 rings (SSSR count). The van der Waals surface area contributed by atoms with E-state index in [4.69, 9.17) is 14.6 Å². The Bertz CT molecular complexity index is 933. The monoisotopic (exact) mass is 363 g/mol. The van der Waals surface area contributed by atoms with Crippen LogP contribution in [0.1, 0.15) is 29.7 Å². The number of aromatic nitrogens is 2. The fourth-order valence-corrected chi connectivity index (χ4v) is 3.67. The number of benzene rings is 2. The number of nitrogens with zero attached hydrogens (tertiary/aromatic N) is 2. The van der Waals surface area contributed by atoms with Crippen molar-refractivity contribution in [1.29, 1.82) is 0 Å². The van der Waals surface area contributed by atoms with Crippen LogP contribution in [0.3, 0.4) is 0 Å². The highest BCUT2D eigenvalue weighted by Crippen LogP contribution is 2.32. The molecule has 0 unspecified atom stereocenters. The van der Waals surface area contributed by atoms with Gasteiger partial charge in [0.1, 0.15) is 23.0 Å². The molecule has 27 heavy (non-hydrogen) atoms. The van der Waals surface area contributed by atoms with Crippen molar-refractivity contribution in [2.24, 2.45) is 0 Å². The molecular formula is C22H25N3O2. The lowest BCUT2D eigenvalue weighted by Gasteiger charge is -2.12. The third-order valence-electron chi connectivity index (χ3n) is 5.03. The molecule has 0 atom stereocenters. The first-order chi connectivity index (χ1) is 13.3. The Labute approximate surface area is 159 Å². The zero-order valence-electron chi connectivity index (χ0n) is 15.9. The summed E-state index contributed by atoms with van der Waals surface area (Å²) in [6.45, 7) is 0.965. The van der Waals surface area contributed by atoms with Crippen LogP contribution in [0, 0.1) is 0 Å². The Morgan fingerprint density at radius 2 is 1.93 bits per heavy atom. The molecule has 0 aliphatic carbocycles. The van der Waals surface area contributed by atoms with Gasteiger partial charge >= 0.3 is 0 Å². The largest absolute Gasteiger partial charge is 0.497 e. The molecule has 0 radical (unpaired) electrons. The van der Waals surface area contributed by atoms with Crippen molar-refractivity contribution in [2.75, 3.05) is 26.1 Å². The molecule has 2 heterocycles. The van der Waals surface area contributed by atoms with Crippen molar-refractivity contribution in [2.45, 2.75) is 25.7 Å². The fraction of sp³-hybridized carbons (Fsp3) is 0.318. The van der Waals surface area contributed by atoms with Gasteiger partial charge < -0.3 is 14.8 Å². The van der Waals surface area contributed by atoms with E-state index in [1.165, 1.54) is 24.0 Å². The zero-order chi connectivity index (χ0) is 18.6. The van der Waals surface area contributed by atoms with Crippen LogP contribution in [0.15, 0.2) is 48.5 Å². The molecule has 140 valence electrons. The van der Waals surface area contributed by atoms with Crippen LogP contribution in [0.2, 0.25) is 0 Å². The maximum atomic E-state index is 5.57. The molecular weight excluding hydrogens is 338 g/mol. The lowest BCUT2D eigenvalue weighted by molar-refractivity contribution is 0.412. The third-order valence-corrected chi connectivity index (χ3v) is 5.03. The Kier molecular flexibility index (Phi) is 5.01. The number of fused-ring (bicyclic) bond motifs is 1. The minimum Gasteiger partial charge on any atom is -0.497 e. The van der Waals surface area contributed by atoms with Crippen LogP contribution in [0.25, 0.3) is 5.69 Å². The average molecular weight is 363 g/mol. The smallest absolute Gasteiger partial charge is 0.144 e. The SMILES string of the molecule is COc1cccc(Cc2nn(-c3ccccc3OC)c3c2CCCCN3)c1. The summed E-state index contributed by atoms with van der Waals surface area (Å²) in [6, 6.07) is 16.2. The molecule has 0 amide bonds. The Morgan fingerprint density at radius 1 is 1.04 bits per heavy atom. The van der Waals surface area contributed by atoms with Gasteiger partial charge in [-0.1, -0.05) is 24.3 Å². The van der Waals surface area contributed by atoms with Gasteiger partial charge in [0.05, 0.1) is 19.9 Å². The van der Waals surface area contributed by atoms with Crippen molar-refractivity contribution in [3.8, 4) is 17.2 Å². The molecule has 3 aromatic rings. The second kappa shape index (κ2) is 7.74. The predicted molar refractivity (Wildman–Crippen MR) is 107 cm³/mol.